The molecule has 2 aliphatic heterocycles. The van der Waals surface area contributed by atoms with E-state index in [0.29, 0.717) is 39.3 Å². The van der Waals surface area contributed by atoms with Crippen molar-refractivity contribution in [2.45, 2.75) is 19.3 Å². The summed E-state index contributed by atoms with van der Waals surface area (Å²) in [5.41, 5.74) is 6.42. The van der Waals surface area contributed by atoms with Crippen LogP contribution in [0.2, 0.25) is 0 Å². The van der Waals surface area contributed by atoms with E-state index in [4.69, 9.17) is 15.2 Å². The van der Waals surface area contributed by atoms with Crippen LogP contribution in [-0.4, -0.2) is 49.7 Å². The summed E-state index contributed by atoms with van der Waals surface area (Å²) in [6, 6.07) is 5.68. The Labute approximate surface area is 141 Å². The highest BCUT2D eigenvalue weighted by molar-refractivity contribution is 5.79. The second-order valence-electron chi connectivity index (χ2n) is 6.15. The molecule has 1 fully saturated rings. The average molecular weight is 333 g/mol. The fraction of sp³-hybridized carbons (Fsp3) is 0.529. The fourth-order valence-electron chi connectivity index (χ4n) is 3.06. The first-order valence-corrected chi connectivity index (χ1v) is 8.34. The molecule has 24 heavy (non-hydrogen) atoms. The van der Waals surface area contributed by atoms with E-state index >= 15 is 0 Å². The van der Waals surface area contributed by atoms with Crippen molar-refractivity contribution in [2.75, 3.05) is 32.8 Å². The Morgan fingerprint density at radius 3 is 2.83 bits per heavy atom. The zero-order chi connectivity index (χ0) is 16.9. The van der Waals surface area contributed by atoms with E-state index < -0.39 is 0 Å². The number of nitrogens with zero attached hydrogens (tertiary/aromatic N) is 1. The predicted molar refractivity (Wildman–Crippen MR) is 88.0 cm³/mol. The van der Waals surface area contributed by atoms with Crippen molar-refractivity contribution >= 4 is 11.9 Å². The molecule has 1 atom stereocenters. The summed E-state index contributed by atoms with van der Waals surface area (Å²) in [4.78, 5) is 25.2. The lowest BCUT2D eigenvalue weighted by Crippen LogP contribution is -2.48. The van der Waals surface area contributed by atoms with Crippen LogP contribution in [0.15, 0.2) is 18.2 Å². The number of ether oxygens (including phenoxy) is 2. The number of carbonyl (C=O) groups excluding carboxylic acids is 2. The molecule has 3 N–H and O–H groups in total. The zero-order valence-corrected chi connectivity index (χ0v) is 13.6. The third-order valence-corrected chi connectivity index (χ3v) is 4.41. The van der Waals surface area contributed by atoms with Crippen molar-refractivity contribution in [3.63, 3.8) is 0 Å². The lowest BCUT2D eigenvalue weighted by atomic mass is 9.98. The van der Waals surface area contributed by atoms with Crippen LogP contribution in [0, 0.1) is 5.92 Å². The summed E-state index contributed by atoms with van der Waals surface area (Å²) in [6.07, 6.45) is 2.27. The molecule has 0 aliphatic carbocycles. The van der Waals surface area contributed by atoms with Crippen LogP contribution in [0.5, 0.6) is 11.5 Å². The van der Waals surface area contributed by atoms with Gasteiger partial charge in [-0.1, -0.05) is 6.07 Å². The Morgan fingerprint density at radius 1 is 1.25 bits per heavy atom. The molecule has 1 aromatic rings. The van der Waals surface area contributed by atoms with E-state index in [1.807, 2.05) is 18.2 Å². The van der Waals surface area contributed by atoms with Gasteiger partial charge in [0.05, 0.1) is 5.92 Å². The summed E-state index contributed by atoms with van der Waals surface area (Å²) in [5.74, 6) is 0.955. The number of urea groups is 1. The molecule has 130 valence electrons. The third-order valence-electron chi connectivity index (χ3n) is 4.41. The minimum atomic E-state index is -0.330. The Morgan fingerprint density at radius 2 is 2.04 bits per heavy atom. The maximum Gasteiger partial charge on any atom is 0.317 e. The lowest BCUT2D eigenvalue weighted by molar-refractivity contribution is -0.123. The molecule has 2 aliphatic rings. The summed E-state index contributed by atoms with van der Waals surface area (Å²) in [7, 11) is 0. The van der Waals surface area contributed by atoms with Crippen molar-refractivity contribution in [2.24, 2.45) is 11.7 Å². The van der Waals surface area contributed by atoms with Crippen molar-refractivity contribution < 1.29 is 19.1 Å². The van der Waals surface area contributed by atoms with Crippen LogP contribution in [0.3, 0.4) is 0 Å². The Bertz CT molecular complexity index is 620. The van der Waals surface area contributed by atoms with E-state index in [2.05, 4.69) is 5.32 Å². The molecule has 0 bridgehead atoms. The van der Waals surface area contributed by atoms with Gasteiger partial charge in [0, 0.05) is 19.6 Å². The van der Waals surface area contributed by atoms with E-state index in [9.17, 15) is 9.59 Å². The number of amides is 3. The van der Waals surface area contributed by atoms with Crippen LogP contribution in [0.4, 0.5) is 4.79 Å². The topological polar surface area (TPSA) is 93.9 Å². The molecular formula is C17H23N3O4. The number of likely N-dealkylation sites (tertiary alicyclic amines) is 1. The molecule has 2 heterocycles. The minimum absolute atomic E-state index is 0.140. The van der Waals surface area contributed by atoms with Crippen LogP contribution in [0.1, 0.15) is 18.4 Å². The van der Waals surface area contributed by atoms with Gasteiger partial charge in [-0.15, -0.1) is 0 Å². The number of rotatable bonds is 4. The molecule has 0 spiro atoms. The van der Waals surface area contributed by atoms with Crippen LogP contribution in [-0.2, 0) is 11.2 Å². The maximum absolute atomic E-state index is 12.2. The molecule has 0 unspecified atom stereocenters. The summed E-state index contributed by atoms with van der Waals surface area (Å²) in [6.45, 7) is 2.73. The van der Waals surface area contributed by atoms with Gasteiger partial charge in [-0.25, -0.2) is 4.79 Å². The van der Waals surface area contributed by atoms with Gasteiger partial charge < -0.3 is 25.4 Å². The average Bonchev–Trinajstić information content (AvgIpc) is 2.61. The molecule has 7 heteroatoms. The SMILES string of the molecule is NC(=O)[C@H]1CCCN(C(=O)NCCc2ccc3c(c2)OCCO3)C1. The number of fused-ring (bicyclic) bond motifs is 1. The molecule has 3 amide bonds. The van der Waals surface area contributed by atoms with Gasteiger partial charge in [0.2, 0.25) is 5.91 Å². The van der Waals surface area contributed by atoms with Gasteiger partial charge in [-0.3, -0.25) is 4.79 Å². The molecule has 0 radical (unpaired) electrons. The Balaban J connectivity index is 1.47. The first-order chi connectivity index (χ1) is 11.6. The number of benzene rings is 1. The van der Waals surface area contributed by atoms with Crippen LogP contribution < -0.4 is 20.5 Å². The lowest BCUT2D eigenvalue weighted by Gasteiger charge is -2.31. The fourth-order valence-corrected chi connectivity index (χ4v) is 3.06. The van der Waals surface area contributed by atoms with E-state index in [-0.39, 0.29) is 17.9 Å². The minimum Gasteiger partial charge on any atom is -0.486 e. The molecule has 1 aromatic carbocycles. The number of nitrogens with one attached hydrogen (secondary N) is 1. The van der Waals surface area contributed by atoms with Crippen LogP contribution in [0.25, 0.3) is 0 Å². The van der Waals surface area contributed by atoms with E-state index in [1.165, 1.54) is 0 Å². The number of hydrogen-bond donors (Lipinski definition) is 2. The smallest absolute Gasteiger partial charge is 0.317 e. The van der Waals surface area contributed by atoms with Gasteiger partial charge in [0.15, 0.2) is 11.5 Å². The number of piperidine rings is 1. The molecule has 1 saturated heterocycles. The van der Waals surface area contributed by atoms with E-state index in [0.717, 1.165) is 29.9 Å². The molecule has 3 rings (SSSR count). The second kappa shape index (κ2) is 7.42. The number of primary amides is 1. The Hall–Kier alpha value is -2.44. The normalized spacial score (nSPS) is 19.7. The standard InChI is InChI=1S/C17H23N3O4/c18-16(21)13-2-1-7-20(11-13)17(22)19-6-5-12-3-4-14-15(10-12)24-9-8-23-14/h3-4,10,13H,1-2,5-9,11H2,(H2,18,21)(H,19,22)/t13-/m0/s1. The van der Waals surface area contributed by atoms with Crippen molar-refractivity contribution in [3.05, 3.63) is 23.8 Å². The van der Waals surface area contributed by atoms with Crippen molar-refractivity contribution in [1.29, 1.82) is 0 Å². The van der Waals surface area contributed by atoms with Gasteiger partial charge in [-0.2, -0.15) is 0 Å². The highest BCUT2D eigenvalue weighted by Crippen LogP contribution is 2.30. The van der Waals surface area contributed by atoms with Gasteiger partial charge >= 0.3 is 6.03 Å². The molecule has 7 nitrogen and oxygen atoms in total. The Kier molecular flexibility index (Phi) is 5.08. The first kappa shape index (κ1) is 16.4. The van der Waals surface area contributed by atoms with Crippen molar-refractivity contribution in [3.8, 4) is 11.5 Å². The summed E-state index contributed by atoms with van der Waals surface area (Å²) in [5, 5.41) is 2.90. The van der Waals surface area contributed by atoms with Gasteiger partial charge in [0.25, 0.3) is 0 Å². The number of nitrogens with two attached hydrogens (primary N) is 1. The van der Waals surface area contributed by atoms with Gasteiger partial charge in [-0.05, 0) is 37.0 Å². The van der Waals surface area contributed by atoms with Gasteiger partial charge in [0.1, 0.15) is 13.2 Å². The number of carbonyl (C=O) groups is 2. The largest absolute Gasteiger partial charge is 0.486 e. The monoisotopic (exact) mass is 333 g/mol. The predicted octanol–water partition coefficient (Wildman–Crippen LogP) is 0.907. The highest BCUT2D eigenvalue weighted by Gasteiger charge is 2.26. The molecular weight excluding hydrogens is 310 g/mol. The second-order valence-corrected chi connectivity index (χ2v) is 6.15. The summed E-state index contributed by atoms with van der Waals surface area (Å²) < 4.78 is 11.0. The zero-order valence-electron chi connectivity index (χ0n) is 13.6. The van der Waals surface area contributed by atoms with Crippen LogP contribution >= 0.6 is 0 Å². The maximum atomic E-state index is 12.2. The summed E-state index contributed by atoms with van der Waals surface area (Å²) >= 11 is 0. The first-order valence-electron chi connectivity index (χ1n) is 8.34. The molecule has 0 saturated carbocycles. The highest BCUT2D eigenvalue weighted by atomic mass is 16.6. The van der Waals surface area contributed by atoms with Crippen molar-refractivity contribution in [1.82, 2.24) is 10.2 Å². The third kappa shape index (κ3) is 3.90. The van der Waals surface area contributed by atoms with E-state index in [1.54, 1.807) is 4.90 Å². The number of hydrogen-bond acceptors (Lipinski definition) is 4. The quantitative estimate of drug-likeness (QED) is 0.856. The molecule has 0 aromatic heterocycles.